The van der Waals surface area contributed by atoms with E-state index >= 15 is 0 Å². The average molecular weight is 472 g/mol. The molecule has 8 unspecified atom stereocenters. The molecule has 2 saturated carbocycles. The van der Waals surface area contributed by atoms with E-state index in [9.17, 15) is 4.79 Å². The molecule has 33 heavy (non-hydrogen) atoms. The average Bonchev–Trinajstić information content (AvgIpc) is 3.28. The van der Waals surface area contributed by atoms with Gasteiger partial charge in [0.05, 0.1) is 11.7 Å². The van der Waals surface area contributed by atoms with Gasteiger partial charge < -0.3 is 4.74 Å². The number of ketones is 1. The Balaban J connectivity index is 1.26. The number of likely N-dealkylation sites (tertiary alicyclic amines) is 1. The molecule has 2 aliphatic heterocycles. The molecule has 2 saturated heterocycles. The summed E-state index contributed by atoms with van der Waals surface area (Å²) >= 11 is 6.18. The predicted octanol–water partition coefficient (Wildman–Crippen LogP) is 6.31. The molecule has 4 aliphatic carbocycles. The molecule has 182 valence electrons. The summed E-state index contributed by atoms with van der Waals surface area (Å²) in [5.74, 6) is 4.07. The summed E-state index contributed by atoms with van der Waals surface area (Å²) in [4.78, 5) is 14.8. The molecule has 0 amide bonds. The molecule has 4 heteroatoms. The first-order valence-electron chi connectivity index (χ1n) is 13.7. The SMILES string of the molecule is CC1=C2CC3C(CCC4=CC(=O)CCC43C)C2CCC2(C1)CC1C(CC(C)CN1CCCl)O2. The number of halogens is 1. The second kappa shape index (κ2) is 8.20. The van der Waals surface area contributed by atoms with Gasteiger partial charge in [0.2, 0.25) is 0 Å². The zero-order chi connectivity index (χ0) is 23.0. The Kier molecular flexibility index (Phi) is 5.67. The molecular weight excluding hydrogens is 430 g/mol. The van der Waals surface area contributed by atoms with Gasteiger partial charge in [0.15, 0.2) is 5.78 Å². The van der Waals surface area contributed by atoms with Crippen LogP contribution in [-0.2, 0) is 9.53 Å². The van der Waals surface area contributed by atoms with Crippen LogP contribution in [0.2, 0.25) is 0 Å². The maximum Gasteiger partial charge on any atom is 0.155 e. The molecule has 0 aromatic heterocycles. The van der Waals surface area contributed by atoms with E-state index < -0.39 is 0 Å². The smallest absolute Gasteiger partial charge is 0.155 e. The standard InChI is InChI=1S/C29H42ClNO2/c1-18-12-27-26(31(17-18)11-10-30)16-29(33-27)9-7-22-23-5-4-20-13-21(32)6-8-28(20,3)25(23)14-24(22)19(2)15-29/h13,18,22-23,25-27H,4-12,14-17H2,1-3H3. The summed E-state index contributed by atoms with van der Waals surface area (Å²) in [6, 6.07) is 0.560. The van der Waals surface area contributed by atoms with E-state index in [-0.39, 0.29) is 11.0 Å². The van der Waals surface area contributed by atoms with Crippen LogP contribution in [0.15, 0.2) is 22.8 Å². The normalized spacial score (nSPS) is 47.6. The number of alkyl halides is 1. The number of carbonyl (C=O) groups is 1. The van der Waals surface area contributed by atoms with Gasteiger partial charge in [-0.25, -0.2) is 0 Å². The van der Waals surface area contributed by atoms with Crippen LogP contribution in [0.4, 0.5) is 0 Å². The fraction of sp³-hybridized carbons (Fsp3) is 0.828. The van der Waals surface area contributed by atoms with Gasteiger partial charge in [0.1, 0.15) is 0 Å². The molecule has 6 rings (SSSR count). The molecule has 0 aromatic carbocycles. The number of fused-ring (bicyclic) bond motifs is 6. The van der Waals surface area contributed by atoms with Crippen molar-refractivity contribution in [3.8, 4) is 0 Å². The summed E-state index contributed by atoms with van der Waals surface area (Å²) in [5.41, 5.74) is 5.20. The second-order valence-electron chi connectivity index (χ2n) is 12.8. The third kappa shape index (κ3) is 3.62. The van der Waals surface area contributed by atoms with E-state index in [4.69, 9.17) is 16.3 Å². The van der Waals surface area contributed by atoms with Gasteiger partial charge in [0, 0.05) is 31.4 Å². The van der Waals surface area contributed by atoms with Crippen LogP contribution >= 0.6 is 11.6 Å². The molecule has 2 heterocycles. The van der Waals surface area contributed by atoms with Crippen LogP contribution in [0.1, 0.15) is 85.0 Å². The lowest BCUT2D eigenvalue weighted by atomic mass is 9.56. The van der Waals surface area contributed by atoms with Crippen LogP contribution in [0.3, 0.4) is 0 Å². The second-order valence-corrected chi connectivity index (χ2v) is 13.2. The minimum absolute atomic E-state index is 0.0434. The van der Waals surface area contributed by atoms with Crippen molar-refractivity contribution in [2.24, 2.45) is 29.1 Å². The van der Waals surface area contributed by atoms with E-state index in [1.54, 1.807) is 11.1 Å². The highest BCUT2D eigenvalue weighted by molar-refractivity contribution is 6.18. The number of hydrogen-bond acceptors (Lipinski definition) is 3. The van der Waals surface area contributed by atoms with Crippen LogP contribution in [0, 0.1) is 29.1 Å². The van der Waals surface area contributed by atoms with E-state index in [1.807, 2.05) is 6.08 Å². The highest BCUT2D eigenvalue weighted by Gasteiger charge is 2.56. The zero-order valence-electron chi connectivity index (χ0n) is 20.9. The predicted molar refractivity (Wildman–Crippen MR) is 133 cm³/mol. The van der Waals surface area contributed by atoms with Crippen molar-refractivity contribution in [3.05, 3.63) is 22.8 Å². The molecule has 0 N–H and O–H groups in total. The summed E-state index contributed by atoms with van der Waals surface area (Å²) in [5, 5.41) is 0. The summed E-state index contributed by atoms with van der Waals surface area (Å²) in [6.07, 6.45) is 14.0. The van der Waals surface area contributed by atoms with Gasteiger partial charge in [-0.15, -0.1) is 11.6 Å². The molecule has 3 nitrogen and oxygen atoms in total. The van der Waals surface area contributed by atoms with Gasteiger partial charge in [-0.1, -0.05) is 30.6 Å². The topological polar surface area (TPSA) is 29.5 Å². The summed E-state index contributed by atoms with van der Waals surface area (Å²) in [6.45, 7) is 9.47. The lowest BCUT2D eigenvalue weighted by Crippen LogP contribution is -2.49. The molecule has 0 radical (unpaired) electrons. The molecule has 0 aromatic rings. The Morgan fingerprint density at radius 1 is 1.24 bits per heavy atom. The lowest BCUT2D eigenvalue weighted by molar-refractivity contribution is -0.116. The minimum Gasteiger partial charge on any atom is -0.370 e. The Labute approximate surface area is 205 Å². The third-order valence-electron chi connectivity index (χ3n) is 10.9. The molecule has 4 fully saturated rings. The van der Waals surface area contributed by atoms with Crippen molar-refractivity contribution in [2.45, 2.75) is 103 Å². The van der Waals surface area contributed by atoms with Crippen molar-refractivity contribution >= 4 is 17.4 Å². The summed E-state index contributed by atoms with van der Waals surface area (Å²) < 4.78 is 7.04. The first-order chi connectivity index (χ1) is 15.8. The van der Waals surface area contributed by atoms with Crippen molar-refractivity contribution in [1.82, 2.24) is 4.90 Å². The van der Waals surface area contributed by atoms with Crippen LogP contribution in [-0.4, -0.2) is 47.4 Å². The van der Waals surface area contributed by atoms with Crippen LogP contribution < -0.4 is 0 Å². The van der Waals surface area contributed by atoms with Crippen LogP contribution in [0.25, 0.3) is 0 Å². The molecular formula is C29H42ClNO2. The van der Waals surface area contributed by atoms with E-state index in [2.05, 4.69) is 25.7 Å². The number of carbonyl (C=O) groups excluding carboxylic acids is 1. The van der Waals surface area contributed by atoms with Crippen molar-refractivity contribution in [3.63, 3.8) is 0 Å². The number of hydrogen-bond donors (Lipinski definition) is 0. The Hall–Kier alpha value is -0.640. The fourth-order valence-corrected chi connectivity index (χ4v) is 9.63. The van der Waals surface area contributed by atoms with Crippen LogP contribution in [0.5, 0.6) is 0 Å². The largest absolute Gasteiger partial charge is 0.370 e. The van der Waals surface area contributed by atoms with E-state index in [1.165, 1.54) is 50.6 Å². The molecule has 1 spiro atoms. The van der Waals surface area contributed by atoms with Gasteiger partial charge in [0.25, 0.3) is 0 Å². The number of allylic oxidation sites excluding steroid dienone is 3. The number of rotatable bonds is 2. The Morgan fingerprint density at radius 3 is 2.91 bits per heavy atom. The minimum atomic E-state index is 0.0434. The quantitative estimate of drug-likeness (QED) is 0.349. The van der Waals surface area contributed by atoms with Gasteiger partial charge in [-0.3, -0.25) is 9.69 Å². The van der Waals surface area contributed by atoms with E-state index in [0.717, 1.165) is 55.9 Å². The van der Waals surface area contributed by atoms with Crippen molar-refractivity contribution in [2.75, 3.05) is 19.0 Å². The highest BCUT2D eigenvalue weighted by Crippen LogP contribution is 2.63. The van der Waals surface area contributed by atoms with E-state index in [0.29, 0.717) is 23.8 Å². The third-order valence-corrected chi connectivity index (χ3v) is 11.1. The lowest BCUT2D eigenvalue weighted by Gasteiger charge is -2.48. The maximum atomic E-state index is 12.1. The first kappa shape index (κ1) is 22.8. The Morgan fingerprint density at radius 2 is 2.09 bits per heavy atom. The van der Waals surface area contributed by atoms with Crippen molar-refractivity contribution in [1.29, 1.82) is 0 Å². The Bertz CT molecular complexity index is 894. The van der Waals surface area contributed by atoms with Gasteiger partial charge >= 0.3 is 0 Å². The monoisotopic (exact) mass is 471 g/mol. The summed E-state index contributed by atoms with van der Waals surface area (Å²) in [7, 11) is 0. The fourth-order valence-electron chi connectivity index (χ4n) is 9.42. The number of piperidine rings is 1. The number of nitrogens with zero attached hydrogens (tertiary/aromatic N) is 1. The van der Waals surface area contributed by atoms with Crippen molar-refractivity contribution < 1.29 is 9.53 Å². The number of ether oxygens (including phenoxy) is 1. The van der Waals surface area contributed by atoms with Gasteiger partial charge in [-0.2, -0.15) is 0 Å². The zero-order valence-corrected chi connectivity index (χ0v) is 21.6. The van der Waals surface area contributed by atoms with Gasteiger partial charge in [-0.05, 0) is 99.9 Å². The molecule has 0 bridgehead atoms. The maximum absolute atomic E-state index is 12.1. The molecule has 8 atom stereocenters. The highest BCUT2D eigenvalue weighted by atomic mass is 35.5. The molecule has 6 aliphatic rings. The first-order valence-corrected chi connectivity index (χ1v) is 14.3.